The number of aromatic nitrogens is 1. The molecule has 1 fully saturated rings. The highest BCUT2D eigenvalue weighted by atomic mass is 79.9. The first-order valence-corrected chi connectivity index (χ1v) is 7.25. The predicted molar refractivity (Wildman–Crippen MR) is 77.8 cm³/mol. The third kappa shape index (κ3) is 2.34. The number of hydrogen-bond acceptors (Lipinski definition) is 1. The summed E-state index contributed by atoms with van der Waals surface area (Å²) in [7, 11) is 0. The molecule has 1 aromatic carbocycles. The average Bonchev–Trinajstić information content (AvgIpc) is 2.83. The Hall–Kier alpha value is -0.800. The van der Waals surface area contributed by atoms with Gasteiger partial charge in [-0.05, 0) is 51.0 Å². The predicted octanol–water partition coefficient (Wildman–Crippen LogP) is 4.36. The molecule has 1 unspecified atom stereocenters. The molecule has 1 aromatic heterocycles. The van der Waals surface area contributed by atoms with Crippen LogP contribution in [-0.4, -0.2) is 16.3 Å². The molecule has 2 nitrogen and oxygen atoms in total. The fourth-order valence-electron chi connectivity index (χ4n) is 2.76. The van der Waals surface area contributed by atoms with E-state index in [1.54, 1.807) is 0 Å². The number of ether oxygens (including phenoxy) is 1. The largest absolute Gasteiger partial charge is 0.370 e. The van der Waals surface area contributed by atoms with Crippen molar-refractivity contribution in [2.75, 3.05) is 0 Å². The fraction of sp³-hybridized carbons (Fsp3) is 0.467. The van der Waals surface area contributed by atoms with Crippen LogP contribution in [0.1, 0.15) is 26.7 Å². The Morgan fingerprint density at radius 3 is 2.94 bits per heavy atom. The second-order valence-electron chi connectivity index (χ2n) is 5.71. The number of nitrogens with zero attached hydrogens (tertiary/aromatic N) is 1. The minimum Gasteiger partial charge on any atom is -0.370 e. The normalized spacial score (nSPS) is 22.7. The zero-order chi connectivity index (χ0) is 12.8. The van der Waals surface area contributed by atoms with Crippen LogP contribution in [0.15, 0.2) is 34.9 Å². The van der Waals surface area contributed by atoms with E-state index in [0.717, 1.165) is 23.9 Å². The first-order chi connectivity index (χ1) is 8.53. The van der Waals surface area contributed by atoms with Gasteiger partial charge in [-0.2, -0.15) is 0 Å². The monoisotopic (exact) mass is 307 g/mol. The third-order valence-corrected chi connectivity index (χ3v) is 4.18. The van der Waals surface area contributed by atoms with Crippen molar-refractivity contribution >= 4 is 26.8 Å². The SMILES string of the molecule is CC1(C)CCC(Cn2ccc3cc(Br)ccc32)O1. The maximum atomic E-state index is 6.06. The van der Waals surface area contributed by atoms with Gasteiger partial charge in [0.25, 0.3) is 0 Å². The van der Waals surface area contributed by atoms with Crippen LogP contribution in [0.3, 0.4) is 0 Å². The topological polar surface area (TPSA) is 14.2 Å². The maximum absolute atomic E-state index is 6.06. The van der Waals surface area contributed by atoms with E-state index in [1.807, 2.05) is 0 Å². The number of rotatable bonds is 2. The van der Waals surface area contributed by atoms with Crippen molar-refractivity contribution in [2.45, 2.75) is 44.9 Å². The first kappa shape index (κ1) is 12.2. The van der Waals surface area contributed by atoms with Crippen molar-refractivity contribution in [3.05, 3.63) is 34.9 Å². The standard InChI is InChI=1S/C15H18BrNO/c1-15(2)7-5-13(18-15)10-17-8-6-11-9-12(16)3-4-14(11)17/h3-4,6,8-9,13H,5,7,10H2,1-2H3. The lowest BCUT2D eigenvalue weighted by Crippen LogP contribution is -2.22. The molecule has 1 atom stereocenters. The van der Waals surface area contributed by atoms with E-state index < -0.39 is 0 Å². The van der Waals surface area contributed by atoms with E-state index in [-0.39, 0.29) is 5.60 Å². The molecule has 0 bridgehead atoms. The van der Waals surface area contributed by atoms with E-state index in [1.165, 1.54) is 10.9 Å². The second kappa shape index (κ2) is 4.39. The minimum atomic E-state index is 0.0522. The molecule has 0 aliphatic carbocycles. The summed E-state index contributed by atoms with van der Waals surface area (Å²) in [5.74, 6) is 0. The maximum Gasteiger partial charge on any atom is 0.0762 e. The van der Waals surface area contributed by atoms with E-state index in [4.69, 9.17) is 4.74 Å². The first-order valence-electron chi connectivity index (χ1n) is 6.46. The van der Waals surface area contributed by atoms with E-state index in [0.29, 0.717) is 6.10 Å². The van der Waals surface area contributed by atoms with Crippen LogP contribution in [-0.2, 0) is 11.3 Å². The Bertz CT molecular complexity index is 573. The summed E-state index contributed by atoms with van der Waals surface area (Å²) in [5.41, 5.74) is 1.34. The lowest BCUT2D eigenvalue weighted by atomic mass is 10.1. The van der Waals surface area contributed by atoms with Crippen molar-refractivity contribution < 1.29 is 4.74 Å². The van der Waals surface area contributed by atoms with Gasteiger partial charge >= 0.3 is 0 Å². The van der Waals surface area contributed by atoms with Crippen LogP contribution >= 0.6 is 15.9 Å². The zero-order valence-corrected chi connectivity index (χ0v) is 12.4. The van der Waals surface area contributed by atoms with Crippen LogP contribution in [0.2, 0.25) is 0 Å². The van der Waals surface area contributed by atoms with Gasteiger partial charge in [0.1, 0.15) is 0 Å². The number of fused-ring (bicyclic) bond motifs is 1. The molecule has 0 radical (unpaired) electrons. The van der Waals surface area contributed by atoms with Crippen LogP contribution in [0.5, 0.6) is 0 Å². The molecule has 0 saturated carbocycles. The Kier molecular flexibility index (Phi) is 2.99. The van der Waals surface area contributed by atoms with E-state index >= 15 is 0 Å². The Morgan fingerprint density at radius 1 is 1.39 bits per heavy atom. The van der Waals surface area contributed by atoms with Crippen molar-refractivity contribution in [1.82, 2.24) is 4.57 Å². The summed E-state index contributed by atoms with van der Waals surface area (Å²) in [5, 5.41) is 1.28. The van der Waals surface area contributed by atoms with Crippen LogP contribution < -0.4 is 0 Å². The van der Waals surface area contributed by atoms with Crippen LogP contribution in [0.25, 0.3) is 10.9 Å². The number of benzene rings is 1. The molecule has 0 N–H and O–H groups in total. The quantitative estimate of drug-likeness (QED) is 0.804. The summed E-state index contributed by atoms with van der Waals surface area (Å²) in [4.78, 5) is 0. The van der Waals surface area contributed by atoms with Gasteiger partial charge < -0.3 is 9.30 Å². The van der Waals surface area contributed by atoms with Gasteiger partial charge in [0.15, 0.2) is 0 Å². The molecular formula is C15H18BrNO. The minimum absolute atomic E-state index is 0.0522. The number of hydrogen-bond donors (Lipinski definition) is 0. The van der Waals surface area contributed by atoms with Gasteiger partial charge in [0.2, 0.25) is 0 Å². The molecule has 18 heavy (non-hydrogen) atoms. The molecule has 2 heterocycles. The molecule has 1 saturated heterocycles. The van der Waals surface area contributed by atoms with Gasteiger partial charge in [-0.15, -0.1) is 0 Å². The lowest BCUT2D eigenvalue weighted by molar-refractivity contribution is -0.0212. The summed E-state index contributed by atoms with van der Waals surface area (Å²) in [6.07, 6.45) is 4.82. The molecule has 1 aliphatic heterocycles. The summed E-state index contributed by atoms with van der Waals surface area (Å²) >= 11 is 3.51. The van der Waals surface area contributed by atoms with Crippen LogP contribution in [0, 0.1) is 0 Å². The Balaban J connectivity index is 1.83. The highest BCUT2D eigenvalue weighted by Gasteiger charge is 2.31. The second-order valence-corrected chi connectivity index (χ2v) is 6.63. The van der Waals surface area contributed by atoms with Gasteiger partial charge in [-0.1, -0.05) is 15.9 Å². The Labute approximate surface area is 116 Å². The van der Waals surface area contributed by atoms with Crippen molar-refractivity contribution in [3.8, 4) is 0 Å². The van der Waals surface area contributed by atoms with Gasteiger partial charge in [0, 0.05) is 28.1 Å². The van der Waals surface area contributed by atoms with E-state index in [2.05, 4.69) is 64.8 Å². The molecular weight excluding hydrogens is 290 g/mol. The van der Waals surface area contributed by atoms with E-state index in [9.17, 15) is 0 Å². The molecule has 0 amide bonds. The third-order valence-electron chi connectivity index (χ3n) is 3.69. The molecule has 2 aromatic rings. The van der Waals surface area contributed by atoms with Gasteiger partial charge in [-0.3, -0.25) is 0 Å². The molecule has 1 aliphatic rings. The summed E-state index contributed by atoms with van der Waals surface area (Å²) in [6.45, 7) is 5.31. The highest BCUT2D eigenvalue weighted by Crippen LogP contribution is 2.31. The van der Waals surface area contributed by atoms with Crippen molar-refractivity contribution in [1.29, 1.82) is 0 Å². The Morgan fingerprint density at radius 2 is 2.22 bits per heavy atom. The van der Waals surface area contributed by atoms with Gasteiger partial charge in [-0.25, -0.2) is 0 Å². The van der Waals surface area contributed by atoms with Crippen LogP contribution in [0.4, 0.5) is 0 Å². The summed E-state index contributed by atoms with van der Waals surface area (Å²) < 4.78 is 9.49. The molecule has 3 rings (SSSR count). The molecule has 96 valence electrons. The van der Waals surface area contributed by atoms with Crippen molar-refractivity contribution in [2.24, 2.45) is 0 Å². The zero-order valence-electron chi connectivity index (χ0n) is 10.8. The summed E-state index contributed by atoms with van der Waals surface area (Å²) in [6, 6.07) is 8.59. The fourth-order valence-corrected chi connectivity index (χ4v) is 3.13. The smallest absolute Gasteiger partial charge is 0.0762 e. The number of halogens is 1. The highest BCUT2D eigenvalue weighted by molar-refractivity contribution is 9.10. The van der Waals surface area contributed by atoms with Gasteiger partial charge in [0.05, 0.1) is 11.7 Å². The average molecular weight is 308 g/mol. The molecule has 3 heteroatoms. The lowest BCUT2D eigenvalue weighted by Gasteiger charge is -2.19. The van der Waals surface area contributed by atoms with Crippen molar-refractivity contribution in [3.63, 3.8) is 0 Å². The molecule has 0 spiro atoms.